The van der Waals surface area contributed by atoms with Gasteiger partial charge in [-0.1, -0.05) is 140 Å². The van der Waals surface area contributed by atoms with Crippen LogP contribution >= 0.6 is 11.3 Å². The fourth-order valence-electron chi connectivity index (χ4n) is 7.93. The van der Waals surface area contributed by atoms with Crippen molar-refractivity contribution in [1.82, 2.24) is 24.5 Å². The second-order valence-electron chi connectivity index (χ2n) is 13.9. The van der Waals surface area contributed by atoms with Crippen molar-refractivity contribution in [3.63, 3.8) is 0 Å². The number of hydrogen-bond acceptors (Lipinski definition) is 5. The highest BCUT2D eigenvalue weighted by molar-refractivity contribution is 7.26. The monoisotopic (exact) mass is 733 g/mol. The molecule has 56 heavy (non-hydrogen) atoms. The molecule has 0 amide bonds. The van der Waals surface area contributed by atoms with Gasteiger partial charge in [0.05, 0.1) is 16.7 Å². The standard InChI is InChI=1S/C50H31N5S/c1-3-13-32(14-4-1)34-25-26-41(45(30-34)55-43-23-9-7-19-38(43)39-20-8-10-24-44(39)55)50-53-48(33-15-5-2-6-16-33)52-49(54-50)36-18-11-17-35(29-36)37-21-12-22-40-42-31-51-28-27-46(42)56-47(37)40/h1-31H. The van der Waals surface area contributed by atoms with Gasteiger partial charge >= 0.3 is 0 Å². The van der Waals surface area contributed by atoms with E-state index in [0.717, 1.165) is 50.1 Å². The molecular formula is C50H31N5S. The minimum atomic E-state index is 0.606. The number of aromatic nitrogens is 5. The minimum Gasteiger partial charge on any atom is -0.308 e. The number of hydrogen-bond donors (Lipinski definition) is 0. The fourth-order valence-corrected chi connectivity index (χ4v) is 9.14. The Morgan fingerprint density at radius 1 is 0.393 bits per heavy atom. The Morgan fingerprint density at radius 2 is 1.00 bits per heavy atom. The third kappa shape index (κ3) is 5.38. The second-order valence-corrected chi connectivity index (χ2v) is 14.9. The highest BCUT2D eigenvalue weighted by Crippen LogP contribution is 2.41. The molecule has 5 nitrogen and oxygen atoms in total. The number of rotatable bonds is 6. The molecule has 4 aromatic heterocycles. The van der Waals surface area contributed by atoms with Crippen LogP contribution in [0.1, 0.15) is 0 Å². The lowest BCUT2D eigenvalue weighted by atomic mass is 10.0. The zero-order valence-corrected chi connectivity index (χ0v) is 30.9. The van der Waals surface area contributed by atoms with E-state index in [2.05, 4.69) is 167 Å². The number of thiophene rings is 1. The first-order chi connectivity index (χ1) is 27.8. The number of pyridine rings is 1. The van der Waals surface area contributed by atoms with E-state index in [4.69, 9.17) is 15.0 Å². The Kier molecular flexibility index (Phi) is 7.60. The lowest BCUT2D eigenvalue weighted by Gasteiger charge is -2.16. The Bertz CT molecular complexity index is 3200. The third-order valence-corrected chi connectivity index (χ3v) is 11.8. The zero-order valence-electron chi connectivity index (χ0n) is 30.0. The van der Waals surface area contributed by atoms with Crippen LogP contribution in [0.15, 0.2) is 188 Å². The van der Waals surface area contributed by atoms with E-state index >= 15 is 0 Å². The van der Waals surface area contributed by atoms with E-state index in [1.54, 1.807) is 11.3 Å². The molecule has 0 radical (unpaired) electrons. The molecular weight excluding hydrogens is 703 g/mol. The molecule has 4 heterocycles. The highest BCUT2D eigenvalue weighted by Gasteiger charge is 2.21. The van der Waals surface area contributed by atoms with Crippen molar-refractivity contribution < 1.29 is 0 Å². The van der Waals surface area contributed by atoms with Gasteiger partial charge in [0.15, 0.2) is 17.5 Å². The summed E-state index contributed by atoms with van der Waals surface area (Å²) in [4.78, 5) is 20.1. The van der Waals surface area contributed by atoms with Crippen molar-refractivity contribution in [3.8, 4) is 62.1 Å². The maximum absolute atomic E-state index is 5.32. The summed E-state index contributed by atoms with van der Waals surface area (Å²) in [6, 6.07) is 61.7. The van der Waals surface area contributed by atoms with Crippen molar-refractivity contribution >= 4 is 53.3 Å². The topological polar surface area (TPSA) is 56.5 Å². The van der Waals surface area contributed by atoms with Crippen LogP contribution < -0.4 is 0 Å². The molecule has 0 fully saturated rings. The quantitative estimate of drug-likeness (QED) is 0.171. The maximum atomic E-state index is 5.32. The molecule has 0 aliphatic heterocycles. The van der Waals surface area contributed by atoms with Crippen LogP contribution in [0.25, 0.3) is 104 Å². The normalized spacial score (nSPS) is 11.6. The van der Waals surface area contributed by atoms with E-state index in [0.29, 0.717) is 17.5 Å². The van der Waals surface area contributed by atoms with E-state index in [1.807, 2.05) is 30.6 Å². The van der Waals surface area contributed by atoms with Crippen molar-refractivity contribution in [2.24, 2.45) is 0 Å². The number of benzene rings is 7. The molecule has 0 spiro atoms. The molecule has 0 bridgehead atoms. The molecule has 6 heteroatoms. The highest BCUT2D eigenvalue weighted by atomic mass is 32.1. The van der Waals surface area contributed by atoms with Crippen LogP contribution in [-0.4, -0.2) is 24.5 Å². The SMILES string of the molecule is c1ccc(-c2ccc(-c3nc(-c4ccccc4)nc(-c4cccc(-c5cccc6c5sc5ccncc56)c4)n3)c(-n3c4ccccc4c4ccccc43)c2)cc1. The smallest absolute Gasteiger partial charge is 0.166 e. The zero-order chi connectivity index (χ0) is 37.0. The molecule has 11 aromatic rings. The van der Waals surface area contributed by atoms with Crippen LogP contribution in [0.2, 0.25) is 0 Å². The molecule has 0 N–H and O–H groups in total. The van der Waals surface area contributed by atoms with E-state index in [-0.39, 0.29) is 0 Å². The third-order valence-electron chi connectivity index (χ3n) is 10.6. The van der Waals surface area contributed by atoms with Gasteiger partial charge in [0.25, 0.3) is 0 Å². The van der Waals surface area contributed by atoms with Crippen LogP contribution in [0.5, 0.6) is 0 Å². The van der Waals surface area contributed by atoms with Gasteiger partial charge in [-0.25, -0.2) is 15.0 Å². The molecule has 0 atom stereocenters. The van der Waals surface area contributed by atoms with E-state index in [1.165, 1.54) is 36.5 Å². The van der Waals surface area contributed by atoms with Gasteiger partial charge in [0.2, 0.25) is 0 Å². The summed E-state index contributed by atoms with van der Waals surface area (Å²) in [7, 11) is 0. The van der Waals surface area contributed by atoms with Crippen LogP contribution in [0.3, 0.4) is 0 Å². The van der Waals surface area contributed by atoms with E-state index < -0.39 is 0 Å². The average Bonchev–Trinajstić information content (AvgIpc) is 3.83. The van der Waals surface area contributed by atoms with E-state index in [9.17, 15) is 0 Å². The van der Waals surface area contributed by atoms with Crippen molar-refractivity contribution in [1.29, 1.82) is 0 Å². The predicted octanol–water partition coefficient (Wildman–Crippen LogP) is 13.1. The largest absolute Gasteiger partial charge is 0.308 e. The summed E-state index contributed by atoms with van der Waals surface area (Å²) in [5.41, 5.74) is 10.5. The summed E-state index contributed by atoms with van der Waals surface area (Å²) in [6.45, 7) is 0. The molecule has 11 rings (SSSR count). The summed E-state index contributed by atoms with van der Waals surface area (Å²) in [6.07, 6.45) is 3.83. The summed E-state index contributed by atoms with van der Waals surface area (Å²) in [5, 5.41) is 4.79. The number of fused-ring (bicyclic) bond motifs is 6. The summed E-state index contributed by atoms with van der Waals surface area (Å²) >= 11 is 1.80. The first-order valence-electron chi connectivity index (χ1n) is 18.6. The van der Waals surface area contributed by atoms with Gasteiger partial charge in [0.1, 0.15) is 0 Å². The predicted molar refractivity (Wildman–Crippen MR) is 232 cm³/mol. The molecule has 0 saturated carbocycles. The van der Waals surface area contributed by atoms with Gasteiger partial charge in [-0.15, -0.1) is 11.3 Å². The Balaban J connectivity index is 1.15. The molecule has 0 saturated heterocycles. The van der Waals surface area contributed by atoms with Crippen molar-refractivity contribution in [3.05, 3.63) is 188 Å². The molecule has 0 aliphatic rings. The first-order valence-corrected chi connectivity index (χ1v) is 19.4. The van der Waals surface area contributed by atoms with Gasteiger partial charge in [-0.2, -0.15) is 0 Å². The number of para-hydroxylation sites is 2. The van der Waals surface area contributed by atoms with Crippen LogP contribution in [-0.2, 0) is 0 Å². The Hall–Kier alpha value is -7.28. The van der Waals surface area contributed by atoms with Gasteiger partial charge in [-0.3, -0.25) is 4.98 Å². The Morgan fingerprint density at radius 3 is 1.77 bits per heavy atom. The molecule has 7 aromatic carbocycles. The first kappa shape index (κ1) is 32.2. The van der Waals surface area contributed by atoms with Gasteiger partial charge in [0, 0.05) is 60.0 Å². The fraction of sp³-hybridized carbons (Fsp3) is 0. The van der Waals surface area contributed by atoms with Crippen molar-refractivity contribution in [2.75, 3.05) is 0 Å². The summed E-state index contributed by atoms with van der Waals surface area (Å²) in [5.74, 6) is 1.84. The van der Waals surface area contributed by atoms with Gasteiger partial charge in [-0.05, 0) is 58.7 Å². The molecule has 0 unspecified atom stereocenters. The summed E-state index contributed by atoms with van der Waals surface area (Å²) < 4.78 is 4.83. The molecule has 262 valence electrons. The lowest BCUT2D eigenvalue weighted by molar-refractivity contribution is 1.06. The Labute approximate surface area is 326 Å². The van der Waals surface area contributed by atoms with Gasteiger partial charge < -0.3 is 4.57 Å². The number of nitrogens with zero attached hydrogens (tertiary/aromatic N) is 5. The van der Waals surface area contributed by atoms with Crippen molar-refractivity contribution in [2.45, 2.75) is 0 Å². The lowest BCUT2D eigenvalue weighted by Crippen LogP contribution is -2.04. The maximum Gasteiger partial charge on any atom is 0.166 e. The van der Waals surface area contributed by atoms with Crippen LogP contribution in [0.4, 0.5) is 0 Å². The average molecular weight is 734 g/mol. The molecule has 0 aliphatic carbocycles. The second kappa shape index (κ2) is 13.2. The van der Waals surface area contributed by atoms with Crippen LogP contribution in [0, 0.1) is 0 Å². The minimum absolute atomic E-state index is 0.606.